The van der Waals surface area contributed by atoms with Gasteiger partial charge in [0.25, 0.3) is 0 Å². The van der Waals surface area contributed by atoms with Gasteiger partial charge >= 0.3 is 0 Å². The van der Waals surface area contributed by atoms with Crippen molar-refractivity contribution < 1.29 is 37.9 Å². The van der Waals surface area contributed by atoms with Crippen molar-refractivity contribution in [3.05, 3.63) is 48.0 Å². The van der Waals surface area contributed by atoms with Gasteiger partial charge in [0.2, 0.25) is 0 Å². The summed E-state index contributed by atoms with van der Waals surface area (Å²) in [6.45, 7) is 2.73. The van der Waals surface area contributed by atoms with E-state index in [1.165, 1.54) is 26.4 Å². The van der Waals surface area contributed by atoms with Gasteiger partial charge in [-0.25, -0.2) is 13.4 Å². The molecule has 0 atom stereocenters. The third-order valence-electron chi connectivity index (χ3n) is 6.84. The van der Waals surface area contributed by atoms with Crippen molar-refractivity contribution in [2.75, 3.05) is 95.6 Å². The van der Waals surface area contributed by atoms with E-state index in [1.54, 1.807) is 11.8 Å². The maximum atomic E-state index is 13.3. The number of nitrogens with one attached hydrogen (secondary N) is 2. The molecular formula is C30H43N7O8S. The molecule has 0 radical (unpaired) electrons. The van der Waals surface area contributed by atoms with Crippen molar-refractivity contribution in [1.29, 1.82) is 0 Å². The minimum atomic E-state index is -3.87. The van der Waals surface area contributed by atoms with Crippen LogP contribution in [-0.4, -0.2) is 113 Å². The lowest BCUT2D eigenvalue weighted by atomic mass is 10.2. The molecule has 3 aromatic rings. The number of azo groups is 1. The van der Waals surface area contributed by atoms with Gasteiger partial charge in [-0.05, 0) is 19.1 Å². The van der Waals surface area contributed by atoms with Gasteiger partial charge in [-0.15, -0.1) is 10.2 Å². The average Bonchev–Trinajstić information content (AvgIpc) is 3.05. The molecule has 3 rings (SSSR count). The highest BCUT2D eigenvalue weighted by atomic mass is 32.2. The average molecular weight is 662 g/mol. The summed E-state index contributed by atoms with van der Waals surface area (Å²) in [5.74, 6) is 0.673. The Morgan fingerprint density at radius 2 is 1.61 bits per heavy atom. The molecule has 1 heterocycles. The Morgan fingerprint density at radius 1 is 0.913 bits per heavy atom. The van der Waals surface area contributed by atoms with E-state index in [4.69, 9.17) is 25.1 Å². The molecule has 0 aliphatic heterocycles. The van der Waals surface area contributed by atoms with Crippen LogP contribution in [0.5, 0.6) is 11.5 Å². The Labute approximate surface area is 269 Å². The van der Waals surface area contributed by atoms with Crippen molar-refractivity contribution in [3.8, 4) is 11.5 Å². The van der Waals surface area contributed by atoms with E-state index in [-0.39, 0.29) is 73.9 Å². The van der Waals surface area contributed by atoms with Gasteiger partial charge in [0.15, 0.2) is 21.5 Å². The molecule has 252 valence electrons. The van der Waals surface area contributed by atoms with Crippen molar-refractivity contribution in [1.82, 2.24) is 9.88 Å². The zero-order chi connectivity index (χ0) is 33.5. The lowest BCUT2D eigenvalue weighted by Crippen LogP contribution is -2.34. The number of sulfone groups is 1. The van der Waals surface area contributed by atoms with Gasteiger partial charge in [0.05, 0.1) is 58.7 Å². The van der Waals surface area contributed by atoms with Crippen LogP contribution in [0.25, 0.3) is 0 Å². The minimum Gasteiger partial charge on any atom is -0.495 e. The van der Waals surface area contributed by atoms with Gasteiger partial charge in [-0.3, -0.25) is 4.90 Å². The molecule has 0 unspecified atom stereocenters. The summed E-state index contributed by atoms with van der Waals surface area (Å²) < 4.78 is 43.0. The number of pyridine rings is 1. The zero-order valence-corrected chi connectivity index (χ0v) is 27.1. The van der Waals surface area contributed by atoms with Crippen LogP contribution in [0.15, 0.2) is 57.6 Å². The summed E-state index contributed by atoms with van der Waals surface area (Å²) >= 11 is 0. The summed E-state index contributed by atoms with van der Waals surface area (Å²) in [5.41, 5.74) is 8.72. The molecule has 0 fully saturated rings. The number of benzene rings is 2. The van der Waals surface area contributed by atoms with Gasteiger partial charge in [-0.2, -0.15) is 0 Å². The second kappa shape index (κ2) is 18.2. The van der Waals surface area contributed by atoms with E-state index in [9.17, 15) is 18.6 Å². The van der Waals surface area contributed by atoms with Crippen LogP contribution < -0.4 is 25.8 Å². The lowest BCUT2D eigenvalue weighted by Gasteiger charge is -2.20. The molecule has 0 aliphatic carbocycles. The molecule has 0 saturated carbocycles. The number of ether oxygens (including phenoxy) is 3. The molecule has 0 bridgehead atoms. The number of aliphatic hydroxyl groups excluding tert-OH is 3. The Balaban J connectivity index is 1.98. The van der Waals surface area contributed by atoms with Crippen LogP contribution in [0.2, 0.25) is 0 Å². The van der Waals surface area contributed by atoms with E-state index in [1.807, 2.05) is 30.3 Å². The maximum absolute atomic E-state index is 13.3. The largest absolute Gasteiger partial charge is 0.495 e. The molecule has 1 aromatic heterocycles. The molecule has 0 saturated heterocycles. The zero-order valence-electron chi connectivity index (χ0n) is 26.3. The number of methoxy groups -OCH3 is 2. The number of anilines is 4. The molecule has 7 N–H and O–H groups in total. The van der Waals surface area contributed by atoms with Crippen molar-refractivity contribution >= 4 is 44.2 Å². The Kier molecular flexibility index (Phi) is 14.4. The fraction of sp³-hybridized carbons (Fsp3) is 0.433. The number of nitrogens with two attached hydrogens (primary N) is 1. The number of rotatable bonds is 20. The maximum Gasteiger partial charge on any atom is 0.183 e. The molecule has 2 aromatic carbocycles. The fourth-order valence-electron chi connectivity index (χ4n) is 4.37. The smallest absolute Gasteiger partial charge is 0.183 e. The van der Waals surface area contributed by atoms with Crippen LogP contribution in [0, 0.1) is 6.92 Å². The minimum absolute atomic E-state index is 0.0433. The van der Waals surface area contributed by atoms with Crippen molar-refractivity contribution in [3.63, 3.8) is 0 Å². The van der Waals surface area contributed by atoms with Gasteiger partial charge in [0, 0.05) is 49.6 Å². The number of nitrogens with zero attached hydrogens (tertiary/aromatic N) is 4. The first-order valence-corrected chi connectivity index (χ1v) is 16.2. The predicted octanol–water partition coefficient (Wildman–Crippen LogP) is 2.63. The van der Waals surface area contributed by atoms with Gasteiger partial charge in [0.1, 0.15) is 27.8 Å². The topological polar surface area (TPSA) is 213 Å². The van der Waals surface area contributed by atoms with Crippen LogP contribution in [0.3, 0.4) is 0 Å². The number of hydrogen-bond donors (Lipinski definition) is 6. The van der Waals surface area contributed by atoms with E-state index in [2.05, 4.69) is 25.8 Å². The Morgan fingerprint density at radius 3 is 2.24 bits per heavy atom. The quantitative estimate of drug-likeness (QED) is 0.0760. The summed E-state index contributed by atoms with van der Waals surface area (Å²) in [7, 11) is -1.14. The summed E-state index contributed by atoms with van der Waals surface area (Å²) in [6.07, 6.45) is 0. The first-order chi connectivity index (χ1) is 22.2. The van der Waals surface area contributed by atoms with Crippen LogP contribution in [-0.2, 0) is 14.6 Å². The molecule has 46 heavy (non-hydrogen) atoms. The second-order valence-corrected chi connectivity index (χ2v) is 12.0. The molecule has 0 spiro atoms. The number of aromatic nitrogens is 1. The Hall–Kier alpha value is -4.06. The first kappa shape index (κ1) is 36.4. The highest BCUT2D eigenvalue weighted by molar-refractivity contribution is 7.91. The highest BCUT2D eigenvalue weighted by Gasteiger charge is 2.24. The third kappa shape index (κ3) is 9.97. The fourth-order valence-corrected chi connectivity index (χ4v) is 5.83. The SMILES string of the molecule is COc1cc(S(=O)(=O)CCN(CCO)CCO)c(OC)cc1/N=N/c1c(NCCOCCO)nc(Nc2ccccc2)c(N)c1C. The number of hydrogen-bond acceptors (Lipinski definition) is 15. The van der Waals surface area contributed by atoms with Crippen molar-refractivity contribution in [2.45, 2.75) is 11.8 Å². The standard InChI is InChI=1S/C30H43N7O8S/c1-21-27(31)29(33-22-7-5-4-6-8-22)34-30(32-9-16-45-17-15-40)28(21)36-35-23-19-25(44-3)26(20-24(23)43-2)46(41,42)18-12-37(10-13-38)11-14-39/h4-8,19-20,38-40H,9-18,31H2,1-3H3,(H2,32,33,34)/b36-35+. The molecular weight excluding hydrogens is 618 g/mol. The highest BCUT2D eigenvalue weighted by Crippen LogP contribution is 2.41. The van der Waals surface area contributed by atoms with Crippen LogP contribution in [0.4, 0.5) is 34.4 Å². The summed E-state index contributed by atoms with van der Waals surface area (Å²) in [4.78, 5) is 6.22. The molecule has 0 aliphatic rings. The van der Waals surface area contributed by atoms with Gasteiger partial charge in [-0.1, -0.05) is 18.2 Å². The molecule has 16 heteroatoms. The van der Waals surface area contributed by atoms with E-state index >= 15 is 0 Å². The first-order valence-electron chi connectivity index (χ1n) is 14.6. The van der Waals surface area contributed by atoms with E-state index < -0.39 is 9.84 Å². The summed E-state index contributed by atoms with van der Waals surface area (Å²) in [5, 5.41) is 42.7. The molecule has 0 amide bonds. The van der Waals surface area contributed by atoms with E-state index in [0.717, 1.165) is 5.69 Å². The number of nitrogen functional groups attached to an aromatic ring is 1. The predicted molar refractivity (Wildman–Crippen MR) is 176 cm³/mol. The lowest BCUT2D eigenvalue weighted by molar-refractivity contribution is 0.0992. The second-order valence-electron chi connectivity index (χ2n) is 9.93. The summed E-state index contributed by atoms with van der Waals surface area (Å²) in [6, 6.07) is 12.2. The van der Waals surface area contributed by atoms with E-state index in [0.29, 0.717) is 41.7 Å². The third-order valence-corrected chi connectivity index (χ3v) is 8.55. The van der Waals surface area contributed by atoms with Crippen molar-refractivity contribution in [2.24, 2.45) is 10.2 Å². The number of aliphatic hydroxyl groups is 3. The molecule has 15 nitrogen and oxygen atoms in total. The normalized spacial score (nSPS) is 11.7. The van der Waals surface area contributed by atoms with Gasteiger partial charge < -0.3 is 45.9 Å². The monoisotopic (exact) mass is 661 g/mol. The van der Waals surface area contributed by atoms with Crippen LogP contribution >= 0.6 is 0 Å². The number of para-hydroxylation sites is 1. The Bertz CT molecular complexity index is 1540. The van der Waals surface area contributed by atoms with Crippen LogP contribution in [0.1, 0.15) is 5.56 Å².